The molecule has 0 radical (unpaired) electrons. The maximum absolute atomic E-state index is 6.25. The number of nitrogens with zero attached hydrogens (tertiary/aromatic N) is 4. The molecule has 0 amide bonds. The number of nitrogens with two attached hydrogens (primary N) is 1. The fraction of sp³-hybridized carbons (Fsp3) is 0.429. The lowest BCUT2D eigenvalue weighted by Crippen LogP contribution is -2.45. The van der Waals surface area contributed by atoms with E-state index in [2.05, 4.69) is 70.5 Å². The molecule has 3 aromatic rings. The number of benzene rings is 2. The summed E-state index contributed by atoms with van der Waals surface area (Å²) in [5, 5.41) is 0. The van der Waals surface area contributed by atoms with Crippen molar-refractivity contribution in [3.05, 3.63) is 83.0 Å². The molecule has 0 saturated carbocycles. The zero-order valence-corrected chi connectivity index (χ0v) is 19.3. The number of fused-ring (bicyclic) bond motifs is 1. The van der Waals surface area contributed by atoms with Crippen LogP contribution in [0.15, 0.2) is 60.7 Å². The van der Waals surface area contributed by atoms with Gasteiger partial charge < -0.3 is 10.6 Å². The lowest BCUT2D eigenvalue weighted by atomic mass is 9.82. The van der Waals surface area contributed by atoms with E-state index in [4.69, 9.17) is 15.7 Å². The zero-order valence-electron chi connectivity index (χ0n) is 19.3. The Morgan fingerprint density at radius 3 is 2.55 bits per heavy atom. The first kappa shape index (κ1) is 20.7. The highest BCUT2D eigenvalue weighted by Crippen LogP contribution is 2.42. The molecule has 1 spiro atoms. The number of hydrogen-bond acceptors (Lipinski definition) is 5. The fourth-order valence-electron chi connectivity index (χ4n) is 6.43. The summed E-state index contributed by atoms with van der Waals surface area (Å²) in [6.45, 7) is 4.32. The average molecular weight is 440 g/mol. The minimum absolute atomic E-state index is 0.254. The molecule has 5 heteroatoms. The quantitative estimate of drug-likeness (QED) is 0.645. The molecule has 1 aromatic heterocycles. The summed E-state index contributed by atoms with van der Waals surface area (Å²) in [5.74, 6) is 2.04. The summed E-state index contributed by atoms with van der Waals surface area (Å²) in [5.41, 5.74) is 11.8. The van der Waals surface area contributed by atoms with Gasteiger partial charge in [-0.15, -0.1) is 0 Å². The van der Waals surface area contributed by atoms with Crippen LogP contribution < -0.4 is 10.6 Å². The minimum Gasteiger partial charge on any atom is -0.368 e. The van der Waals surface area contributed by atoms with Gasteiger partial charge in [0.1, 0.15) is 5.82 Å². The Morgan fingerprint density at radius 1 is 0.939 bits per heavy atom. The predicted molar refractivity (Wildman–Crippen MR) is 133 cm³/mol. The van der Waals surface area contributed by atoms with E-state index in [1.165, 1.54) is 42.5 Å². The summed E-state index contributed by atoms with van der Waals surface area (Å²) in [6.07, 6.45) is 6.89. The normalized spacial score (nSPS) is 25.0. The molecule has 0 bridgehead atoms. The van der Waals surface area contributed by atoms with Crippen LogP contribution in [0, 0.1) is 0 Å². The maximum atomic E-state index is 6.25. The summed E-state index contributed by atoms with van der Waals surface area (Å²) < 4.78 is 0. The van der Waals surface area contributed by atoms with Crippen molar-refractivity contribution in [2.24, 2.45) is 0 Å². The van der Waals surface area contributed by atoms with Crippen LogP contribution in [-0.4, -0.2) is 40.0 Å². The topological polar surface area (TPSA) is 58.3 Å². The Bertz CT molecular complexity index is 1120. The highest BCUT2D eigenvalue weighted by molar-refractivity contribution is 5.55. The third-order valence-corrected chi connectivity index (χ3v) is 8.13. The van der Waals surface area contributed by atoms with Gasteiger partial charge in [0.05, 0.1) is 5.69 Å². The van der Waals surface area contributed by atoms with E-state index in [-0.39, 0.29) is 5.54 Å². The Labute approximate surface area is 196 Å². The maximum Gasteiger partial charge on any atom is 0.222 e. The van der Waals surface area contributed by atoms with Crippen LogP contribution in [-0.2, 0) is 19.4 Å². The van der Waals surface area contributed by atoms with Crippen LogP contribution >= 0.6 is 0 Å². The molecule has 3 aliphatic rings. The third-order valence-electron chi connectivity index (χ3n) is 8.13. The number of hydrogen-bond donors (Lipinski definition) is 1. The van der Waals surface area contributed by atoms with Gasteiger partial charge >= 0.3 is 0 Å². The van der Waals surface area contributed by atoms with Gasteiger partial charge in [0.15, 0.2) is 0 Å². The molecule has 5 nitrogen and oxygen atoms in total. The molecular formula is C28H33N5. The van der Waals surface area contributed by atoms with Gasteiger partial charge in [-0.3, -0.25) is 4.90 Å². The van der Waals surface area contributed by atoms with Gasteiger partial charge in [0.2, 0.25) is 5.95 Å². The molecule has 1 aliphatic carbocycles. The van der Waals surface area contributed by atoms with Crippen LogP contribution in [0.1, 0.15) is 54.0 Å². The number of nitrogen functional groups attached to an aromatic ring is 1. The van der Waals surface area contributed by atoms with Crippen LogP contribution in [0.5, 0.6) is 0 Å². The predicted octanol–water partition coefficient (Wildman–Crippen LogP) is 4.58. The first-order valence-electron chi connectivity index (χ1n) is 12.4. The van der Waals surface area contributed by atoms with Crippen molar-refractivity contribution in [2.45, 2.75) is 56.5 Å². The van der Waals surface area contributed by atoms with E-state index in [1.807, 2.05) is 0 Å². The monoisotopic (exact) mass is 439 g/mol. The van der Waals surface area contributed by atoms with Gasteiger partial charge in [-0.05, 0) is 62.1 Å². The van der Waals surface area contributed by atoms with E-state index < -0.39 is 0 Å². The molecule has 2 aliphatic heterocycles. The SMILES string of the molecule is Nc1nc2c(c(N3CCC4(CCCN4Cc4ccccc4)C3)n1)CCC(c1ccccc1)C2. The second-order valence-electron chi connectivity index (χ2n) is 10.1. The van der Waals surface area contributed by atoms with Crippen LogP contribution in [0.3, 0.4) is 0 Å². The smallest absolute Gasteiger partial charge is 0.222 e. The largest absolute Gasteiger partial charge is 0.368 e. The summed E-state index contributed by atoms with van der Waals surface area (Å²) in [7, 11) is 0. The lowest BCUT2D eigenvalue weighted by molar-refractivity contribution is 0.150. The van der Waals surface area contributed by atoms with E-state index in [1.54, 1.807) is 0 Å². The Kier molecular flexibility index (Phi) is 5.30. The summed E-state index contributed by atoms with van der Waals surface area (Å²) in [4.78, 5) is 14.8. The Balaban J connectivity index is 1.24. The first-order chi connectivity index (χ1) is 16.2. The molecule has 33 heavy (non-hydrogen) atoms. The van der Waals surface area contributed by atoms with Crippen molar-refractivity contribution in [1.29, 1.82) is 0 Å². The number of aromatic nitrogens is 2. The number of anilines is 2. The van der Waals surface area contributed by atoms with E-state index in [0.717, 1.165) is 50.4 Å². The second-order valence-corrected chi connectivity index (χ2v) is 10.1. The first-order valence-corrected chi connectivity index (χ1v) is 12.4. The third kappa shape index (κ3) is 3.89. The molecule has 2 aromatic carbocycles. The van der Waals surface area contributed by atoms with E-state index in [0.29, 0.717) is 11.9 Å². The zero-order chi connectivity index (χ0) is 22.3. The molecular weight excluding hydrogens is 406 g/mol. The molecule has 2 fully saturated rings. The van der Waals surface area contributed by atoms with Crippen molar-refractivity contribution in [2.75, 3.05) is 30.3 Å². The fourth-order valence-corrected chi connectivity index (χ4v) is 6.43. The van der Waals surface area contributed by atoms with E-state index in [9.17, 15) is 0 Å². The van der Waals surface area contributed by atoms with Crippen LogP contribution in [0.4, 0.5) is 11.8 Å². The highest BCUT2D eigenvalue weighted by atomic mass is 15.3. The van der Waals surface area contributed by atoms with E-state index >= 15 is 0 Å². The van der Waals surface area contributed by atoms with Crippen molar-refractivity contribution >= 4 is 11.8 Å². The van der Waals surface area contributed by atoms with Crippen molar-refractivity contribution in [3.8, 4) is 0 Å². The summed E-state index contributed by atoms with van der Waals surface area (Å²) >= 11 is 0. The van der Waals surface area contributed by atoms with Crippen LogP contribution in [0.2, 0.25) is 0 Å². The summed E-state index contributed by atoms with van der Waals surface area (Å²) in [6, 6.07) is 21.8. The van der Waals surface area contributed by atoms with Gasteiger partial charge in [-0.2, -0.15) is 4.98 Å². The van der Waals surface area contributed by atoms with Gasteiger partial charge in [-0.1, -0.05) is 60.7 Å². The standard InChI is InChI=1S/C28H33N5/c29-27-30-25-18-23(22-10-5-2-6-11-22)12-13-24(25)26(31-27)32-17-15-28(20-32)14-7-16-33(28)19-21-8-3-1-4-9-21/h1-6,8-11,23H,7,12-20H2,(H2,29,30,31). The van der Waals surface area contributed by atoms with Gasteiger partial charge in [0, 0.05) is 30.7 Å². The van der Waals surface area contributed by atoms with Crippen LogP contribution in [0.25, 0.3) is 0 Å². The van der Waals surface area contributed by atoms with Gasteiger partial charge in [-0.25, -0.2) is 4.98 Å². The molecule has 6 rings (SSSR count). The minimum atomic E-state index is 0.254. The molecule has 170 valence electrons. The lowest BCUT2D eigenvalue weighted by Gasteiger charge is -2.36. The molecule has 2 saturated heterocycles. The average Bonchev–Trinajstić information content (AvgIpc) is 3.46. The second kappa shape index (κ2) is 8.45. The Morgan fingerprint density at radius 2 is 1.73 bits per heavy atom. The molecule has 2 unspecified atom stereocenters. The molecule has 2 N–H and O–H groups in total. The number of likely N-dealkylation sites (tertiary alicyclic amines) is 1. The molecule has 2 atom stereocenters. The molecule has 3 heterocycles. The van der Waals surface area contributed by atoms with Crippen molar-refractivity contribution < 1.29 is 0 Å². The van der Waals surface area contributed by atoms with Crippen molar-refractivity contribution in [3.63, 3.8) is 0 Å². The number of rotatable bonds is 4. The van der Waals surface area contributed by atoms with Crippen molar-refractivity contribution in [1.82, 2.24) is 14.9 Å². The Hall–Kier alpha value is -2.92. The highest BCUT2D eigenvalue weighted by Gasteiger charge is 2.46. The van der Waals surface area contributed by atoms with Gasteiger partial charge in [0.25, 0.3) is 0 Å².